The van der Waals surface area contributed by atoms with E-state index in [-0.39, 0.29) is 0 Å². The average Bonchev–Trinajstić information content (AvgIpc) is 2.33. The second-order valence-electron chi connectivity index (χ2n) is 3.52. The molecule has 0 aliphatic carbocycles. The van der Waals surface area contributed by atoms with Crippen LogP contribution in [-0.4, -0.2) is 11.5 Å². The van der Waals surface area contributed by atoms with Gasteiger partial charge in [0.1, 0.15) is 0 Å². The molecule has 0 bridgehead atoms. The van der Waals surface area contributed by atoms with Gasteiger partial charge in [0.2, 0.25) is 0 Å². The molecule has 16 heavy (non-hydrogen) atoms. The summed E-state index contributed by atoms with van der Waals surface area (Å²) in [5.41, 5.74) is 2.26. The van der Waals surface area contributed by atoms with Crippen LogP contribution in [0.25, 0.3) is 0 Å². The van der Waals surface area contributed by atoms with E-state index < -0.39 is 0 Å². The van der Waals surface area contributed by atoms with Gasteiger partial charge in [-0.15, -0.1) is 0 Å². The van der Waals surface area contributed by atoms with Crippen LogP contribution in [-0.2, 0) is 6.42 Å². The van der Waals surface area contributed by atoms with Crippen LogP contribution in [0, 0.1) is 0 Å². The van der Waals surface area contributed by atoms with E-state index >= 15 is 0 Å². The van der Waals surface area contributed by atoms with Crippen molar-refractivity contribution in [1.29, 1.82) is 0 Å². The van der Waals surface area contributed by atoms with Crippen molar-refractivity contribution in [3.8, 4) is 0 Å². The summed E-state index contributed by atoms with van der Waals surface area (Å²) in [7, 11) is 0. The average molecular weight is 233 g/mol. The first kappa shape index (κ1) is 11.0. The van der Waals surface area contributed by atoms with Gasteiger partial charge in [-0.1, -0.05) is 41.9 Å². The number of halogens is 1. The monoisotopic (exact) mass is 232 g/mol. The van der Waals surface area contributed by atoms with E-state index in [1.807, 2.05) is 12.1 Å². The number of aromatic nitrogens is 1. The van der Waals surface area contributed by atoms with Crippen LogP contribution in [0.4, 0.5) is 5.69 Å². The maximum Gasteiger partial charge on any atom is 0.0820 e. The summed E-state index contributed by atoms with van der Waals surface area (Å²) in [4.78, 5) is 3.94. The third-order valence-electron chi connectivity index (χ3n) is 2.34. The Bertz CT molecular complexity index is 443. The van der Waals surface area contributed by atoms with Gasteiger partial charge in [-0.25, -0.2) is 0 Å². The zero-order chi connectivity index (χ0) is 11.2. The minimum Gasteiger partial charge on any atom is -0.383 e. The molecule has 0 aliphatic heterocycles. The predicted molar refractivity (Wildman–Crippen MR) is 67.9 cm³/mol. The largest absolute Gasteiger partial charge is 0.383 e. The molecule has 0 saturated heterocycles. The van der Waals surface area contributed by atoms with E-state index in [4.69, 9.17) is 11.6 Å². The molecule has 2 rings (SSSR count). The molecule has 3 heteroatoms. The Morgan fingerprint density at radius 1 is 1.12 bits per heavy atom. The lowest BCUT2D eigenvalue weighted by Gasteiger charge is -2.07. The molecule has 0 radical (unpaired) electrons. The van der Waals surface area contributed by atoms with Gasteiger partial charge in [-0.3, -0.25) is 4.98 Å². The minimum absolute atomic E-state index is 0.663. The summed E-state index contributed by atoms with van der Waals surface area (Å²) in [6.45, 7) is 0.869. The second kappa shape index (κ2) is 5.52. The van der Waals surface area contributed by atoms with Crippen molar-refractivity contribution in [2.45, 2.75) is 6.42 Å². The summed E-state index contributed by atoms with van der Waals surface area (Å²) in [5.74, 6) is 0. The number of nitrogens with one attached hydrogen (secondary N) is 1. The van der Waals surface area contributed by atoms with Gasteiger partial charge in [-0.2, -0.15) is 0 Å². The molecule has 0 amide bonds. The lowest BCUT2D eigenvalue weighted by molar-refractivity contribution is 1.02. The Labute approximate surface area is 100 Å². The molecular weight excluding hydrogens is 220 g/mol. The van der Waals surface area contributed by atoms with Crippen molar-refractivity contribution in [1.82, 2.24) is 4.98 Å². The molecule has 1 N–H and O–H groups in total. The van der Waals surface area contributed by atoms with E-state index in [2.05, 4.69) is 34.6 Å². The maximum atomic E-state index is 5.98. The molecule has 1 aromatic carbocycles. The van der Waals surface area contributed by atoms with Gasteiger partial charge >= 0.3 is 0 Å². The fourth-order valence-electron chi connectivity index (χ4n) is 1.50. The van der Waals surface area contributed by atoms with Gasteiger partial charge in [0.15, 0.2) is 0 Å². The van der Waals surface area contributed by atoms with E-state index in [0.717, 1.165) is 18.7 Å². The standard InChI is InChI=1S/C13H13ClN2/c14-12-10-15-8-7-13(12)16-9-6-11-4-2-1-3-5-11/h1-5,7-8,10H,6,9H2,(H,15,16). The Morgan fingerprint density at radius 2 is 1.94 bits per heavy atom. The molecule has 0 atom stereocenters. The van der Waals surface area contributed by atoms with Crippen molar-refractivity contribution < 1.29 is 0 Å². The van der Waals surface area contributed by atoms with E-state index in [1.54, 1.807) is 12.4 Å². The Kier molecular flexibility index (Phi) is 3.78. The molecule has 2 aromatic rings. The first-order valence-corrected chi connectivity index (χ1v) is 5.61. The number of nitrogens with zero attached hydrogens (tertiary/aromatic N) is 1. The fraction of sp³-hybridized carbons (Fsp3) is 0.154. The SMILES string of the molecule is Clc1cnccc1NCCc1ccccc1. The van der Waals surface area contributed by atoms with Gasteiger partial charge in [-0.05, 0) is 18.1 Å². The molecule has 1 aromatic heterocycles. The van der Waals surface area contributed by atoms with Crippen LogP contribution in [0.2, 0.25) is 5.02 Å². The minimum atomic E-state index is 0.663. The molecule has 2 nitrogen and oxygen atoms in total. The second-order valence-corrected chi connectivity index (χ2v) is 3.93. The maximum absolute atomic E-state index is 5.98. The highest BCUT2D eigenvalue weighted by molar-refractivity contribution is 6.33. The quantitative estimate of drug-likeness (QED) is 0.874. The highest BCUT2D eigenvalue weighted by atomic mass is 35.5. The van der Waals surface area contributed by atoms with Crippen LogP contribution in [0.5, 0.6) is 0 Å². The van der Waals surface area contributed by atoms with Crippen LogP contribution in [0.3, 0.4) is 0 Å². The van der Waals surface area contributed by atoms with E-state index in [0.29, 0.717) is 5.02 Å². The number of anilines is 1. The molecular formula is C13H13ClN2. The molecule has 0 fully saturated rings. The van der Waals surface area contributed by atoms with Crippen LogP contribution < -0.4 is 5.32 Å². The van der Waals surface area contributed by atoms with Crippen molar-refractivity contribution in [3.05, 3.63) is 59.4 Å². The summed E-state index contributed by atoms with van der Waals surface area (Å²) in [6.07, 6.45) is 4.36. The van der Waals surface area contributed by atoms with E-state index in [1.165, 1.54) is 5.56 Å². The topological polar surface area (TPSA) is 24.9 Å². The van der Waals surface area contributed by atoms with Crippen molar-refractivity contribution in [2.24, 2.45) is 0 Å². The van der Waals surface area contributed by atoms with Gasteiger partial charge in [0.05, 0.1) is 10.7 Å². The molecule has 0 aliphatic rings. The zero-order valence-electron chi connectivity index (χ0n) is 8.86. The molecule has 1 heterocycles. The summed E-state index contributed by atoms with van der Waals surface area (Å²) < 4.78 is 0. The summed E-state index contributed by atoms with van der Waals surface area (Å²) in [6, 6.07) is 12.2. The first-order chi connectivity index (χ1) is 7.86. The number of hydrogen-bond donors (Lipinski definition) is 1. The lowest BCUT2D eigenvalue weighted by atomic mass is 10.1. The van der Waals surface area contributed by atoms with Gasteiger partial charge in [0, 0.05) is 18.9 Å². The molecule has 0 spiro atoms. The number of hydrogen-bond acceptors (Lipinski definition) is 2. The summed E-state index contributed by atoms with van der Waals surface area (Å²) >= 11 is 5.98. The molecule has 0 saturated carbocycles. The number of pyridine rings is 1. The lowest BCUT2D eigenvalue weighted by Crippen LogP contribution is -2.05. The van der Waals surface area contributed by atoms with Crippen LogP contribution in [0.15, 0.2) is 48.8 Å². The smallest absolute Gasteiger partial charge is 0.0820 e. The highest BCUT2D eigenvalue weighted by Crippen LogP contribution is 2.18. The predicted octanol–water partition coefficient (Wildman–Crippen LogP) is 3.39. The van der Waals surface area contributed by atoms with Crippen molar-refractivity contribution >= 4 is 17.3 Å². The Balaban J connectivity index is 1.87. The van der Waals surface area contributed by atoms with Gasteiger partial charge in [0.25, 0.3) is 0 Å². The number of benzene rings is 1. The van der Waals surface area contributed by atoms with Crippen LogP contribution in [0.1, 0.15) is 5.56 Å². The van der Waals surface area contributed by atoms with E-state index in [9.17, 15) is 0 Å². The third-order valence-corrected chi connectivity index (χ3v) is 2.65. The fourth-order valence-corrected chi connectivity index (χ4v) is 1.69. The number of rotatable bonds is 4. The molecule has 0 unspecified atom stereocenters. The first-order valence-electron chi connectivity index (χ1n) is 5.23. The van der Waals surface area contributed by atoms with Crippen molar-refractivity contribution in [2.75, 3.05) is 11.9 Å². The zero-order valence-corrected chi connectivity index (χ0v) is 9.61. The Morgan fingerprint density at radius 3 is 2.69 bits per heavy atom. The molecule has 82 valence electrons. The normalized spacial score (nSPS) is 10.1. The third kappa shape index (κ3) is 2.97. The van der Waals surface area contributed by atoms with Crippen LogP contribution >= 0.6 is 11.6 Å². The highest BCUT2D eigenvalue weighted by Gasteiger charge is 1.98. The Hall–Kier alpha value is -1.54. The summed E-state index contributed by atoms with van der Waals surface area (Å²) in [5, 5.41) is 3.95. The van der Waals surface area contributed by atoms with Gasteiger partial charge < -0.3 is 5.32 Å². The van der Waals surface area contributed by atoms with Crippen molar-refractivity contribution in [3.63, 3.8) is 0 Å².